The summed E-state index contributed by atoms with van der Waals surface area (Å²) in [6.45, 7) is 1.93. The minimum absolute atomic E-state index is 0.0474. The number of alkyl halides is 1. The molecule has 0 aromatic carbocycles. The van der Waals surface area contributed by atoms with Crippen molar-refractivity contribution < 1.29 is 4.57 Å². The maximum atomic E-state index is 5.77. The summed E-state index contributed by atoms with van der Waals surface area (Å²) >= 11 is 5.77. The highest BCUT2D eigenvalue weighted by molar-refractivity contribution is 6.18. The van der Waals surface area contributed by atoms with Crippen molar-refractivity contribution in [1.29, 1.82) is 0 Å². The highest BCUT2D eigenvalue weighted by atomic mass is 35.5. The van der Waals surface area contributed by atoms with Crippen molar-refractivity contribution in [1.82, 2.24) is 4.57 Å². The Balaban J connectivity index is 2.85. The zero-order chi connectivity index (χ0) is 6.85. The quantitative estimate of drug-likeness (QED) is 0.413. The Kier molecular flexibility index (Phi) is 1.76. The van der Waals surface area contributed by atoms with Crippen molar-refractivity contribution in [3.8, 4) is 0 Å². The zero-order valence-electron chi connectivity index (χ0n) is 5.58. The first-order chi connectivity index (χ1) is 4.20. The molecule has 0 N–H and O–H groups in total. The SMILES string of the molecule is CC(Cl)n1cc[n+](C)c1. The number of rotatable bonds is 1. The van der Waals surface area contributed by atoms with E-state index in [-0.39, 0.29) is 5.50 Å². The normalized spacial score (nSPS) is 13.7. The molecule has 0 spiro atoms. The van der Waals surface area contributed by atoms with E-state index >= 15 is 0 Å². The van der Waals surface area contributed by atoms with Crippen LogP contribution < -0.4 is 4.57 Å². The molecule has 1 aromatic heterocycles. The third-order valence-electron chi connectivity index (χ3n) is 1.20. The highest BCUT2D eigenvalue weighted by Crippen LogP contribution is 2.06. The van der Waals surface area contributed by atoms with Crippen LogP contribution in [0.2, 0.25) is 0 Å². The van der Waals surface area contributed by atoms with Crippen LogP contribution in [-0.4, -0.2) is 4.57 Å². The van der Waals surface area contributed by atoms with Crippen LogP contribution in [0.1, 0.15) is 12.4 Å². The van der Waals surface area contributed by atoms with Crippen LogP contribution in [0.3, 0.4) is 0 Å². The van der Waals surface area contributed by atoms with Gasteiger partial charge in [-0.05, 0) is 6.92 Å². The van der Waals surface area contributed by atoms with Crippen molar-refractivity contribution in [3.05, 3.63) is 18.7 Å². The lowest BCUT2D eigenvalue weighted by Gasteiger charge is -1.92. The molecule has 0 bridgehead atoms. The molecule has 0 fully saturated rings. The van der Waals surface area contributed by atoms with Gasteiger partial charge in [-0.2, -0.15) is 0 Å². The molecule has 0 aliphatic rings. The van der Waals surface area contributed by atoms with Crippen LogP contribution in [0.25, 0.3) is 0 Å². The van der Waals surface area contributed by atoms with Gasteiger partial charge in [0.05, 0.1) is 7.05 Å². The van der Waals surface area contributed by atoms with E-state index < -0.39 is 0 Å². The third kappa shape index (κ3) is 1.45. The molecular formula is C6H10ClN2+. The number of hydrogen-bond acceptors (Lipinski definition) is 0. The van der Waals surface area contributed by atoms with Gasteiger partial charge >= 0.3 is 0 Å². The number of hydrogen-bond donors (Lipinski definition) is 0. The molecule has 3 heteroatoms. The van der Waals surface area contributed by atoms with Gasteiger partial charge in [0.25, 0.3) is 0 Å². The Morgan fingerprint density at radius 2 is 2.33 bits per heavy atom. The van der Waals surface area contributed by atoms with Crippen molar-refractivity contribution in [2.24, 2.45) is 7.05 Å². The predicted octanol–water partition coefficient (Wildman–Crippen LogP) is 1.07. The molecule has 1 aromatic rings. The molecule has 0 radical (unpaired) electrons. The fourth-order valence-corrected chi connectivity index (χ4v) is 0.795. The molecule has 1 unspecified atom stereocenters. The number of halogens is 1. The number of imidazole rings is 1. The summed E-state index contributed by atoms with van der Waals surface area (Å²) in [7, 11) is 1.97. The molecule has 1 heterocycles. The molecule has 0 saturated carbocycles. The van der Waals surface area contributed by atoms with Gasteiger partial charge in [0.1, 0.15) is 12.4 Å². The summed E-state index contributed by atoms with van der Waals surface area (Å²) in [5, 5.41) is 0. The van der Waals surface area contributed by atoms with Gasteiger partial charge in [-0.3, -0.25) is 0 Å². The van der Waals surface area contributed by atoms with Crippen molar-refractivity contribution in [2.45, 2.75) is 12.4 Å². The number of nitrogens with zero attached hydrogens (tertiary/aromatic N) is 2. The topological polar surface area (TPSA) is 8.81 Å². The van der Waals surface area contributed by atoms with Crippen LogP contribution >= 0.6 is 11.6 Å². The van der Waals surface area contributed by atoms with E-state index in [0.717, 1.165) is 0 Å². The van der Waals surface area contributed by atoms with Crippen molar-refractivity contribution >= 4 is 11.6 Å². The van der Waals surface area contributed by atoms with Gasteiger partial charge in [-0.15, -0.1) is 0 Å². The first-order valence-electron chi connectivity index (χ1n) is 2.87. The summed E-state index contributed by atoms with van der Waals surface area (Å²) in [6, 6.07) is 0. The van der Waals surface area contributed by atoms with Gasteiger partial charge in [0.15, 0.2) is 5.50 Å². The van der Waals surface area contributed by atoms with E-state index in [1.165, 1.54) is 0 Å². The van der Waals surface area contributed by atoms with Crippen LogP contribution in [0.5, 0.6) is 0 Å². The fourth-order valence-electron chi connectivity index (χ4n) is 0.680. The molecule has 9 heavy (non-hydrogen) atoms. The average molecular weight is 146 g/mol. The molecule has 2 nitrogen and oxygen atoms in total. The lowest BCUT2D eigenvalue weighted by Crippen LogP contribution is -2.23. The smallest absolute Gasteiger partial charge is 0.239 e. The molecule has 1 atom stereocenters. The zero-order valence-corrected chi connectivity index (χ0v) is 6.34. The lowest BCUT2D eigenvalue weighted by atomic mass is 10.7. The second kappa shape index (κ2) is 2.40. The molecule has 50 valence electrons. The number of aromatic nitrogens is 2. The van der Waals surface area contributed by atoms with Crippen molar-refractivity contribution in [3.63, 3.8) is 0 Å². The summed E-state index contributed by atoms with van der Waals surface area (Å²) in [4.78, 5) is 0. The molecular weight excluding hydrogens is 136 g/mol. The van der Waals surface area contributed by atoms with Crippen LogP contribution in [0, 0.1) is 0 Å². The Bertz CT molecular complexity index is 193. The second-order valence-electron chi connectivity index (χ2n) is 2.10. The fraction of sp³-hybridized carbons (Fsp3) is 0.500. The largest absolute Gasteiger partial charge is 0.244 e. The van der Waals surface area contributed by atoms with Gasteiger partial charge < -0.3 is 0 Å². The Morgan fingerprint density at radius 3 is 2.56 bits per heavy atom. The summed E-state index contributed by atoms with van der Waals surface area (Å²) < 4.78 is 3.89. The minimum Gasteiger partial charge on any atom is -0.239 e. The Hall–Kier alpha value is -0.500. The molecule has 1 rings (SSSR count). The summed E-state index contributed by atoms with van der Waals surface area (Å²) in [5.74, 6) is 0. The van der Waals surface area contributed by atoms with Crippen molar-refractivity contribution in [2.75, 3.05) is 0 Å². The molecule has 0 aliphatic heterocycles. The van der Waals surface area contributed by atoms with Crippen LogP contribution in [0.15, 0.2) is 18.7 Å². The molecule has 0 aliphatic carbocycles. The van der Waals surface area contributed by atoms with E-state index in [1.54, 1.807) is 0 Å². The third-order valence-corrected chi connectivity index (χ3v) is 1.43. The Morgan fingerprint density at radius 1 is 1.67 bits per heavy atom. The minimum atomic E-state index is 0.0474. The monoisotopic (exact) mass is 145 g/mol. The van der Waals surface area contributed by atoms with Gasteiger partial charge in [0, 0.05) is 0 Å². The first kappa shape index (κ1) is 6.62. The van der Waals surface area contributed by atoms with E-state index in [2.05, 4.69) is 0 Å². The van der Waals surface area contributed by atoms with E-state index in [9.17, 15) is 0 Å². The average Bonchev–Trinajstić information content (AvgIpc) is 2.14. The van der Waals surface area contributed by atoms with E-state index in [1.807, 2.05) is 41.8 Å². The van der Waals surface area contributed by atoms with Gasteiger partial charge in [-0.1, -0.05) is 11.6 Å². The first-order valence-corrected chi connectivity index (χ1v) is 3.30. The maximum absolute atomic E-state index is 5.77. The lowest BCUT2D eigenvalue weighted by molar-refractivity contribution is -0.671. The standard InChI is InChI=1S/C6H10ClN2/c1-6(7)9-4-3-8(2)5-9/h3-6H,1-2H3/q+1. The predicted molar refractivity (Wildman–Crippen MR) is 36.2 cm³/mol. The Labute approximate surface area is 59.7 Å². The van der Waals surface area contributed by atoms with E-state index in [4.69, 9.17) is 11.6 Å². The van der Waals surface area contributed by atoms with Crippen LogP contribution in [-0.2, 0) is 7.05 Å². The van der Waals surface area contributed by atoms with Crippen LogP contribution in [0.4, 0.5) is 0 Å². The summed E-state index contributed by atoms with van der Waals surface area (Å²) in [6.07, 6.45) is 5.84. The van der Waals surface area contributed by atoms with Gasteiger partial charge in [-0.25, -0.2) is 9.13 Å². The number of aryl methyl sites for hydroxylation is 1. The molecule has 0 amide bonds. The maximum Gasteiger partial charge on any atom is 0.244 e. The molecule has 0 saturated heterocycles. The second-order valence-corrected chi connectivity index (χ2v) is 2.73. The van der Waals surface area contributed by atoms with Gasteiger partial charge in [0.2, 0.25) is 6.33 Å². The summed E-state index contributed by atoms with van der Waals surface area (Å²) in [5.41, 5.74) is 0.0474. The van der Waals surface area contributed by atoms with E-state index in [0.29, 0.717) is 0 Å². The highest BCUT2D eigenvalue weighted by Gasteiger charge is 2.03.